The molecule has 0 unspecified atom stereocenters. The Kier molecular flexibility index (Phi) is 5.34. The SMILES string of the molecule is Cc1ccc(C(=O)Nc2ccccc2C(=O)Nc2nnc(-c3ccccc3)o2)cc1. The molecule has 4 rings (SSSR count). The quantitative estimate of drug-likeness (QED) is 0.514. The fourth-order valence-corrected chi connectivity index (χ4v) is 2.83. The molecule has 0 fully saturated rings. The van der Waals surface area contributed by atoms with Crippen molar-refractivity contribution in [3.63, 3.8) is 0 Å². The van der Waals surface area contributed by atoms with E-state index in [0.29, 0.717) is 17.1 Å². The molecule has 3 aromatic carbocycles. The van der Waals surface area contributed by atoms with Gasteiger partial charge in [0.2, 0.25) is 5.89 Å². The van der Waals surface area contributed by atoms with Gasteiger partial charge >= 0.3 is 6.01 Å². The Labute approximate surface area is 172 Å². The van der Waals surface area contributed by atoms with Gasteiger partial charge in [-0.1, -0.05) is 53.1 Å². The summed E-state index contributed by atoms with van der Waals surface area (Å²) >= 11 is 0. The van der Waals surface area contributed by atoms with Gasteiger partial charge in [0.25, 0.3) is 11.8 Å². The van der Waals surface area contributed by atoms with E-state index in [1.54, 1.807) is 36.4 Å². The second kappa shape index (κ2) is 8.40. The molecule has 0 aliphatic carbocycles. The van der Waals surface area contributed by atoms with E-state index in [-0.39, 0.29) is 17.5 Å². The van der Waals surface area contributed by atoms with Gasteiger partial charge in [0.1, 0.15) is 0 Å². The van der Waals surface area contributed by atoms with Gasteiger partial charge < -0.3 is 9.73 Å². The zero-order valence-corrected chi connectivity index (χ0v) is 16.1. The molecule has 148 valence electrons. The first-order chi connectivity index (χ1) is 14.6. The van der Waals surface area contributed by atoms with Crippen molar-refractivity contribution in [3.05, 3.63) is 95.6 Å². The number of aromatic nitrogens is 2. The van der Waals surface area contributed by atoms with Crippen molar-refractivity contribution in [2.45, 2.75) is 6.92 Å². The fourth-order valence-electron chi connectivity index (χ4n) is 2.83. The number of nitrogens with zero attached hydrogens (tertiary/aromatic N) is 2. The van der Waals surface area contributed by atoms with Crippen molar-refractivity contribution in [2.24, 2.45) is 0 Å². The van der Waals surface area contributed by atoms with Gasteiger partial charge in [0, 0.05) is 11.1 Å². The third kappa shape index (κ3) is 4.25. The largest absolute Gasteiger partial charge is 0.403 e. The second-order valence-electron chi connectivity index (χ2n) is 6.60. The third-order valence-corrected chi connectivity index (χ3v) is 4.40. The highest BCUT2D eigenvalue weighted by molar-refractivity contribution is 6.12. The average molecular weight is 398 g/mol. The van der Waals surface area contributed by atoms with Crippen LogP contribution >= 0.6 is 0 Å². The smallest absolute Gasteiger partial charge is 0.322 e. The first-order valence-electron chi connectivity index (χ1n) is 9.27. The Morgan fingerprint density at radius 1 is 0.767 bits per heavy atom. The minimum absolute atomic E-state index is 0.0292. The zero-order chi connectivity index (χ0) is 20.9. The molecule has 30 heavy (non-hydrogen) atoms. The standard InChI is InChI=1S/C23H18N4O3/c1-15-11-13-16(14-12-15)20(28)24-19-10-6-5-9-18(19)21(29)25-23-27-26-22(30-23)17-7-3-2-4-8-17/h2-14H,1H3,(H,24,28)(H,25,27,29). The number of anilines is 2. The van der Waals surface area contributed by atoms with Gasteiger partial charge in [-0.05, 0) is 43.3 Å². The van der Waals surface area contributed by atoms with Crippen LogP contribution in [0.1, 0.15) is 26.3 Å². The molecule has 0 spiro atoms. The number of hydrogen-bond acceptors (Lipinski definition) is 5. The number of carbonyl (C=O) groups excluding carboxylic acids is 2. The molecular weight excluding hydrogens is 380 g/mol. The second-order valence-corrected chi connectivity index (χ2v) is 6.60. The van der Waals surface area contributed by atoms with E-state index >= 15 is 0 Å². The highest BCUT2D eigenvalue weighted by Crippen LogP contribution is 2.21. The van der Waals surface area contributed by atoms with Crippen molar-refractivity contribution in [1.29, 1.82) is 0 Å². The molecule has 0 aliphatic heterocycles. The van der Waals surface area contributed by atoms with E-state index in [1.165, 1.54) is 0 Å². The summed E-state index contributed by atoms with van der Waals surface area (Å²) in [6.45, 7) is 1.95. The lowest BCUT2D eigenvalue weighted by Crippen LogP contribution is -2.18. The normalized spacial score (nSPS) is 10.4. The molecule has 7 nitrogen and oxygen atoms in total. The van der Waals surface area contributed by atoms with E-state index in [1.807, 2.05) is 49.4 Å². The first-order valence-corrected chi connectivity index (χ1v) is 9.27. The summed E-state index contributed by atoms with van der Waals surface area (Å²) in [4.78, 5) is 25.3. The van der Waals surface area contributed by atoms with Crippen LogP contribution in [0, 0.1) is 6.92 Å². The molecule has 0 bridgehead atoms. The van der Waals surface area contributed by atoms with Crippen LogP contribution in [-0.4, -0.2) is 22.0 Å². The summed E-state index contributed by atoms with van der Waals surface area (Å²) in [6.07, 6.45) is 0. The number of nitrogens with one attached hydrogen (secondary N) is 2. The van der Waals surface area contributed by atoms with E-state index in [4.69, 9.17) is 4.42 Å². The van der Waals surface area contributed by atoms with Crippen LogP contribution in [0.2, 0.25) is 0 Å². The van der Waals surface area contributed by atoms with E-state index in [9.17, 15) is 9.59 Å². The summed E-state index contributed by atoms with van der Waals surface area (Å²) in [5, 5.41) is 13.2. The molecule has 4 aromatic rings. The Balaban J connectivity index is 1.50. The lowest BCUT2D eigenvalue weighted by Gasteiger charge is -2.10. The highest BCUT2D eigenvalue weighted by atomic mass is 16.4. The first kappa shape index (κ1) is 19.1. The summed E-state index contributed by atoms with van der Waals surface area (Å²) < 4.78 is 5.52. The zero-order valence-electron chi connectivity index (χ0n) is 16.1. The number of amides is 2. The molecule has 2 amide bonds. The third-order valence-electron chi connectivity index (χ3n) is 4.40. The number of hydrogen-bond donors (Lipinski definition) is 2. The summed E-state index contributed by atoms with van der Waals surface area (Å²) in [7, 11) is 0. The average Bonchev–Trinajstić information content (AvgIpc) is 3.23. The molecule has 0 radical (unpaired) electrons. The minimum atomic E-state index is -0.474. The van der Waals surface area contributed by atoms with Crippen molar-refractivity contribution in [2.75, 3.05) is 10.6 Å². The van der Waals surface area contributed by atoms with Crippen LogP contribution in [0.25, 0.3) is 11.5 Å². The van der Waals surface area contributed by atoms with Gasteiger partial charge in [-0.3, -0.25) is 14.9 Å². The van der Waals surface area contributed by atoms with E-state index in [0.717, 1.165) is 11.1 Å². The molecular formula is C23H18N4O3. The van der Waals surface area contributed by atoms with Gasteiger partial charge in [-0.15, -0.1) is 5.10 Å². The molecule has 1 heterocycles. The maximum Gasteiger partial charge on any atom is 0.322 e. The maximum absolute atomic E-state index is 12.8. The Hall–Kier alpha value is -4.26. The highest BCUT2D eigenvalue weighted by Gasteiger charge is 2.17. The van der Waals surface area contributed by atoms with Gasteiger partial charge in [-0.2, -0.15) is 0 Å². The Morgan fingerprint density at radius 3 is 2.23 bits per heavy atom. The monoisotopic (exact) mass is 398 g/mol. The molecule has 0 saturated heterocycles. The van der Waals surface area contributed by atoms with Crippen molar-refractivity contribution >= 4 is 23.5 Å². The molecule has 0 atom stereocenters. The number of rotatable bonds is 5. The maximum atomic E-state index is 12.8. The minimum Gasteiger partial charge on any atom is -0.403 e. The van der Waals surface area contributed by atoms with Gasteiger partial charge in [0.05, 0.1) is 11.3 Å². The van der Waals surface area contributed by atoms with E-state index < -0.39 is 5.91 Å². The van der Waals surface area contributed by atoms with Crippen molar-refractivity contribution < 1.29 is 14.0 Å². The predicted octanol–water partition coefficient (Wildman–Crippen LogP) is 4.55. The summed E-state index contributed by atoms with van der Waals surface area (Å²) in [5.74, 6) is -0.482. The van der Waals surface area contributed by atoms with Crippen LogP contribution in [0.15, 0.2) is 83.3 Å². The molecule has 1 aromatic heterocycles. The Morgan fingerprint density at radius 2 is 1.47 bits per heavy atom. The molecule has 0 saturated carbocycles. The summed E-state index contributed by atoms with van der Waals surface area (Å²) in [5.41, 5.74) is 2.96. The fraction of sp³-hybridized carbons (Fsp3) is 0.0435. The molecule has 7 heteroatoms. The number of benzene rings is 3. The number of aryl methyl sites for hydroxylation is 1. The Bertz CT molecular complexity index is 1180. The van der Waals surface area contributed by atoms with Crippen LogP contribution in [0.5, 0.6) is 0 Å². The summed E-state index contributed by atoms with van der Waals surface area (Å²) in [6, 6.07) is 23.1. The number of carbonyl (C=O) groups is 2. The van der Waals surface area contributed by atoms with Crippen LogP contribution in [0.4, 0.5) is 11.7 Å². The van der Waals surface area contributed by atoms with E-state index in [2.05, 4.69) is 20.8 Å². The lowest BCUT2D eigenvalue weighted by molar-refractivity contribution is 0.102. The van der Waals surface area contributed by atoms with Crippen LogP contribution in [0.3, 0.4) is 0 Å². The number of para-hydroxylation sites is 1. The van der Waals surface area contributed by atoms with Crippen molar-refractivity contribution in [1.82, 2.24) is 10.2 Å². The molecule has 2 N–H and O–H groups in total. The topological polar surface area (TPSA) is 97.1 Å². The predicted molar refractivity (Wildman–Crippen MR) is 113 cm³/mol. The van der Waals surface area contributed by atoms with Gasteiger partial charge in [-0.25, -0.2) is 0 Å². The van der Waals surface area contributed by atoms with Crippen LogP contribution < -0.4 is 10.6 Å². The van der Waals surface area contributed by atoms with Gasteiger partial charge in [0.15, 0.2) is 0 Å². The van der Waals surface area contributed by atoms with Crippen LogP contribution in [-0.2, 0) is 0 Å². The van der Waals surface area contributed by atoms with Crippen molar-refractivity contribution in [3.8, 4) is 11.5 Å². The lowest BCUT2D eigenvalue weighted by atomic mass is 10.1. The molecule has 0 aliphatic rings.